The van der Waals surface area contributed by atoms with E-state index in [1.165, 1.54) is 76.9 Å². The molecule has 5 aromatic carbocycles. The fourth-order valence-electron chi connectivity index (χ4n) is 9.15. The van der Waals surface area contributed by atoms with Gasteiger partial charge in [-0.05, 0) is 75.4 Å². The number of rotatable bonds is 2. The monoisotopic (exact) mass is 607 g/mol. The second kappa shape index (κ2) is 9.23. The first-order valence-electron chi connectivity index (χ1n) is 17.0. The van der Waals surface area contributed by atoms with Crippen LogP contribution in [-0.2, 0) is 10.8 Å². The molecule has 1 unspecified atom stereocenters. The van der Waals surface area contributed by atoms with Gasteiger partial charge in [0, 0.05) is 38.3 Å². The zero-order valence-electron chi connectivity index (χ0n) is 27.4. The van der Waals surface area contributed by atoms with Crippen molar-refractivity contribution in [2.24, 2.45) is 4.99 Å². The van der Waals surface area contributed by atoms with Gasteiger partial charge in [-0.15, -0.1) is 0 Å². The van der Waals surface area contributed by atoms with E-state index in [0.717, 1.165) is 24.2 Å². The van der Waals surface area contributed by atoms with Crippen LogP contribution >= 0.6 is 0 Å². The minimum Gasteiger partial charge on any atom is -0.339 e. The van der Waals surface area contributed by atoms with Gasteiger partial charge >= 0.3 is 0 Å². The van der Waals surface area contributed by atoms with E-state index < -0.39 is 0 Å². The number of para-hydroxylation sites is 1. The maximum Gasteiger partial charge on any atom is 0.152 e. The minimum atomic E-state index is -0.214. The zero-order valence-corrected chi connectivity index (χ0v) is 27.4. The second-order valence-electron chi connectivity index (χ2n) is 14.7. The second-order valence-corrected chi connectivity index (χ2v) is 14.7. The summed E-state index contributed by atoms with van der Waals surface area (Å²) in [7, 11) is 0. The summed E-state index contributed by atoms with van der Waals surface area (Å²) in [5.41, 5.74) is 13.9. The van der Waals surface area contributed by atoms with E-state index in [-0.39, 0.29) is 17.0 Å². The molecule has 4 aliphatic rings. The molecule has 2 heterocycles. The third-order valence-electron chi connectivity index (χ3n) is 11.5. The van der Waals surface area contributed by atoms with E-state index in [0.29, 0.717) is 0 Å². The molecule has 47 heavy (non-hydrogen) atoms. The van der Waals surface area contributed by atoms with E-state index in [9.17, 15) is 0 Å². The Balaban J connectivity index is 1.26. The van der Waals surface area contributed by atoms with Crippen LogP contribution in [0.15, 0.2) is 114 Å². The van der Waals surface area contributed by atoms with Gasteiger partial charge in [-0.2, -0.15) is 0 Å². The molecule has 3 aliphatic carbocycles. The molecular formula is C44H37N3. The molecule has 0 bridgehead atoms. The predicted molar refractivity (Wildman–Crippen MR) is 196 cm³/mol. The summed E-state index contributed by atoms with van der Waals surface area (Å²) in [5.74, 6) is 0.926. The Bertz CT molecular complexity index is 2550. The average Bonchev–Trinajstić information content (AvgIpc) is 3.63. The smallest absolute Gasteiger partial charge is 0.152 e. The van der Waals surface area contributed by atoms with Crippen molar-refractivity contribution in [3.05, 3.63) is 147 Å². The molecule has 1 N–H and O–H groups in total. The number of fused-ring (bicyclic) bond motifs is 9. The maximum atomic E-state index is 5.74. The van der Waals surface area contributed by atoms with Gasteiger partial charge in [0.2, 0.25) is 0 Å². The highest BCUT2D eigenvalue weighted by molar-refractivity contribution is 6.10. The lowest BCUT2D eigenvalue weighted by atomic mass is 9.79. The molecular weight excluding hydrogens is 571 g/mol. The predicted octanol–water partition coefficient (Wildman–Crippen LogP) is 8.71. The summed E-state index contributed by atoms with van der Waals surface area (Å²) in [5, 5.41) is 9.18. The molecule has 1 atom stereocenters. The fraction of sp³-hybridized carbons (Fsp3) is 0.205. The molecule has 228 valence electrons. The van der Waals surface area contributed by atoms with Gasteiger partial charge in [-0.25, -0.2) is 4.99 Å². The molecule has 6 aromatic rings. The highest BCUT2D eigenvalue weighted by Crippen LogP contribution is 2.53. The number of hydrogen-bond donors (Lipinski definition) is 1. The average molecular weight is 608 g/mol. The molecule has 3 nitrogen and oxygen atoms in total. The summed E-state index contributed by atoms with van der Waals surface area (Å²) in [6, 6.07) is 38.5. The first-order chi connectivity index (χ1) is 22.8. The maximum absolute atomic E-state index is 5.74. The van der Waals surface area contributed by atoms with Gasteiger partial charge in [0.25, 0.3) is 0 Å². The Morgan fingerprint density at radius 3 is 2.09 bits per heavy atom. The third kappa shape index (κ3) is 3.55. The van der Waals surface area contributed by atoms with Crippen molar-refractivity contribution in [1.82, 2.24) is 9.88 Å². The van der Waals surface area contributed by atoms with Crippen LogP contribution in [-0.4, -0.2) is 10.4 Å². The fourth-order valence-corrected chi connectivity index (χ4v) is 9.15. The number of hydrogen-bond acceptors (Lipinski definition) is 2. The van der Waals surface area contributed by atoms with Gasteiger partial charge in [0.15, 0.2) is 6.17 Å². The van der Waals surface area contributed by atoms with Crippen molar-refractivity contribution < 1.29 is 0 Å². The molecule has 0 saturated heterocycles. The molecule has 0 spiro atoms. The van der Waals surface area contributed by atoms with Crippen LogP contribution in [0, 0.1) is 0 Å². The van der Waals surface area contributed by atoms with Gasteiger partial charge in [0.05, 0.1) is 16.7 Å². The largest absolute Gasteiger partial charge is 0.339 e. The minimum absolute atomic E-state index is 0.0323. The lowest BCUT2D eigenvalue weighted by Gasteiger charge is -2.34. The lowest BCUT2D eigenvalue weighted by molar-refractivity contribution is 0.511. The Hall–Kier alpha value is -5.15. The molecule has 0 amide bonds. The highest BCUT2D eigenvalue weighted by atomic mass is 15.2. The molecule has 1 aromatic heterocycles. The number of amidine groups is 1. The summed E-state index contributed by atoms with van der Waals surface area (Å²) >= 11 is 0. The van der Waals surface area contributed by atoms with Crippen molar-refractivity contribution in [2.45, 2.75) is 57.5 Å². The number of nitrogens with zero attached hydrogens (tertiary/aromatic N) is 2. The van der Waals surface area contributed by atoms with Crippen molar-refractivity contribution in [2.75, 3.05) is 0 Å². The molecule has 0 fully saturated rings. The van der Waals surface area contributed by atoms with Crippen LogP contribution in [0.5, 0.6) is 0 Å². The van der Waals surface area contributed by atoms with Crippen LogP contribution in [0.4, 0.5) is 0 Å². The normalized spacial score (nSPS) is 19.6. The number of nitrogens with one attached hydrogen (secondary N) is 1. The van der Waals surface area contributed by atoms with Crippen LogP contribution in [0.25, 0.3) is 50.8 Å². The van der Waals surface area contributed by atoms with E-state index in [1.54, 1.807) is 0 Å². The molecule has 0 saturated carbocycles. The standard InChI is InChI=1S/C44H37N3/c1-43(2)34-18-10-7-15-29(34)32-24-28(21-22-36(32)43)41-45-40-31-17-8-11-19-35(31)44(3,4)39(40)42(46-41)47-37-20-12-9-16-30(37)33-23-26-13-5-6-14-27(26)25-38(33)47/h7-25,42H,5-6H2,1-4H3,(H,45,46). The molecule has 0 radical (unpaired) electrons. The van der Waals surface area contributed by atoms with Gasteiger partial charge < -0.3 is 9.88 Å². The van der Waals surface area contributed by atoms with E-state index in [1.807, 2.05) is 0 Å². The van der Waals surface area contributed by atoms with E-state index in [2.05, 4.69) is 153 Å². The van der Waals surface area contributed by atoms with E-state index in [4.69, 9.17) is 4.99 Å². The summed E-state index contributed by atoms with van der Waals surface area (Å²) < 4.78 is 2.53. The molecule has 1 aliphatic heterocycles. The third-order valence-corrected chi connectivity index (χ3v) is 11.5. The van der Waals surface area contributed by atoms with Crippen LogP contribution < -0.4 is 15.8 Å². The van der Waals surface area contributed by atoms with Crippen molar-refractivity contribution in [3.63, 3.8) is 0 Å². The number of aromatic nitrogens is 1. The first kappa shape index (κ1) is 27.0. The summed E-state index contributed by atoms with van der Waals surface area (Å²) in [4.78, 5) is 5.74. The van der Waals surface area contributed by atoms with Gasteiger partial charge in [0.1, 0.15) is 5.84 Å². The molecule has 3 heteroatoms. The first-order valence-corrected chi connectivity index (χ1v) is 17.0. The summed E-state index contributed by atoms with van der Waals surface area (Å²) in [6.45, 7) is 9.43. The van der Waals surface area contributed by atoms with Crippen LogP contribution in [0.1, 0.15) is 74.5 Å². The Labute approximate surface area is 275 Å². The van der Waals surface area contributed by atoms with Crippen LogP contribution in [0.3, 0.4) is 0 Å². The van der Waals surface area contributed by atoms with Crippen molar-refractivity contribution in [1.29, 1.82) is 0 Å². The van der Waals surface area contributed by atoms with E-state index >= 15 is 0 Å². The van der Waals surface area contributed by atoms with Crippen molar-refractivity contribution in [3.8, 4) is 11.1 Å². The topological polar surface area (TPSA) is 29.3 Å². The quantitative estimate of drug-likeness (QED) is 0.210. The Morgan fingerprint density at radius 1 is 0.617 bits per heavy atom. The van der Waals surface area contributed by atoms with Gasteiger partial charge in [-0.1, -0.05) is 119 Å². The highest BCUT2D eigenvalue weighted by Gasteiger charge is 2.45. The SMILES string of the molecule is CC1(C)C2=C(NC(c3ccc4c(c3)-c3ccccc3C4(C)C)=NC2n2c3ccccc3c3cc4c(cc32)=CCCC=4)c2ccccc21. The summed E-state index contributed by atoms with van der Waals surface area (Å²) in [6.07, 6.45) is 6.77. The van der Waals surface area contributed by atoms with Gasteiger partial charge in [-0.3, -0.25) is 0 Å². The molecule has 10 rings (SSSR count). The number of aliphatic imine (C=N–C) groups is 1. The lowest BCUT2D eigenvalue weighted by Crippen LogP contribution is -2.34. The number of benzene rings is 5. The zero-order chi connectivity index (χ0) is 31.7. The van der Waals surface area contributed by atoms with Crippen LogP contribution in [0.2, 0.25) is 0 Å². The Kier molecular flexibility index (Phi) is 5.30. The Morgan fingerprint density at radius 2 is 1.28 bits per heavy atom. The van der Waals surface area contributed by atoms with Crippen molar-refractivity contribution >= 4 is 45.5 Å².